The molecule has 6 nitrogen and oxygen atoms in total. The van der Waals surface area contributed by atoms with E-state index in [9.17, 15) is 22.6 Å². The first kappa shape index (κ1) is 23.3. The summed E-state index contributed by atoms with van der Waals surface area (Å²) in [6.07, 6.45) is 1.87. The zero-order chi connectivity index (χ0) is 21.8. The predicted octanol–water partition coefficient (Wildman–Crippen LogP) is 4.46. The van der Waals surface area contributed by atoms with E-state index in [1.54, 1.807) is 0 Å². The molecular formula is C18H16ClF2NO5S2. The fraction of sp³-hybridized carbons (Fsp3) is 0.222. The number of rotatable bonds is 6. The minimum Gasteiger partial charge on any atom is -0.478 e. The molecule has 1 aliphatic rings. The van der Waals surface area contributed by atoms with E-state index in [4.69, 9.17) is 20.9 Å². The third kappa shape index (κ3) is 6.49. The molecule has 3 N–H and O–H groups in total. The number of aromatic carboxylic acids is 2. The van der Waals surface area contributed by atoms with Crippen molar-refractivity contribution >= 4 is 44.6 Å². The summed E-state index contributed by atoms with van der Waals surface area (Å²) in [4.78, 5) is 21.9. The molecule has 1 aliphatic carbocycles. The number of hydrogen-bond acceptors (Lipinski definition) is 4. The van der Waals surface area contributed by atoms with Crippen LogP contribution in [0.5, 0.6) is 0 Å². The number of carbonyl (C=O) groups is 2. The third-order valence-corrected chi connectivity index (χ3v) is 6.31. The van der Waals surface area contributed by atoms with Gasteiger partial charge in [-0.25, -0.2) is 27.3 Å². The third-order valence-electron chi connectivity index (χ3n) is 3.98. The molecule has 0 amide bonds. The summed E-state index contributed by atoms with van der Waals surface area (Å²) in [6, 6.07) is 7.14. The average molecular weight is 464 g/mol. The van der Waals surface area contributed by atoms with Gasteiger partial charge in [0.1, 0.15) is 22.6 Å². The van der Waals surface area contributed by atoms with Crippen molar-refractivity contribution in [1.29, 1.82) is 0 Å². The van der Waals surface area contributed by atoms with Gasteiger partial charge in [-0.2, -0.15) is 0 Å². The lowest BCUT2D eigenvalue weighted by atomic mass is 10.2. The summed E-state index contributed by atoms with van der Waals surface area (Å²) in [5.74, 6) is -4.23. The molecule has 11 heteroatoms. The quantitative estimate of drug-likeness (QED) is 0.584. The van der Waals surface area contributed by atoms with Gasteiger partial charge in [0.05, 0.1) is 16.0 Å². The van der Waals surface area contributed by atoms with Gasteiger partial charge in [-0.15, -0.1) is 0 Å². The molecule has 2 aromatic carbocycles. The maximum atomic E-state index is 13.1. The monoisotopic (exact) mass is 463 g/mol. The van der Waals surface area contributed by atoms with Crippen LogP contribution in [-0.2, 0) is 11.0 Å². The number of halogens is 3. The highest BCUT2D eigenvalue weighted by Crippen LogP contribution is 2.35. The minimum absolute atomic E-state index is 0.136. The smallest absolute Gasteiger partial charge is 0.338 e. The van der Waals surface area contributed by atoms with E-state index in [0.717, 1.165) is 42.0 Å². The van der Waals surface area contributed by atoms with Crippen molar-refractivity contribution < 1.29 is 32.8 Å². The Balaban J connectivity index is 0.000000221. The van der Waals surface area contributed by atoms with Crippen LogP contribution in [0.1, 0.15) is 40.5 Å². The van der Waals surface area contributed by atoms with Crippen LogP contribution in [0.3, 0.4) is 0 Å². The van der Waals surface area contributed by atoms with E-state index in [1.165, 1.54) is 18.2 Å². The van der Waals surface area contributed by atoms with Crippen LogP contribution in [0.2, 0.25) is 0 Å². The minimum atomic E-state index is -1.51. The van der Waals surface area contributed by atoms with E-state index in [-0.39, 0.29) is 16.0 Å². The Kier molecular flexibility index (Phi) is 7.75. The molecule has 1 unspecified atom stereocenters. The zero-order valence-electron chi connectivity index (χ0n) is 14.9. The van der Waals surface area contributed by atoms with Crippen molar-refractivity contribution in [3.63, 3.8) is 0 Å². The second-order valence-corrected chi connectivity index (χ2v) is 8.70. The average Bonchev–Trinajstić information content (AvgIpc) is 3.39. The number of carboxylic acids is 2. The van der Waals surface area contributed by atoms with Gasteiger partial charge in [0, 0.05) is 10.4 Å². The second-order valence-electron chi connectivity index (χ2n) is 6.40. The number of nitrogens with one attached hydrogen (secondary N) is 1. The molecule has 0 heterocycles. The Hall–Kier alpha value is -2.01. The Labute approximate surface area is 176 Å². The summed E-state index contributed by atoms with van der Waals surface area (Å²) in [7, 11) is 4.70. The van der Waals surface area contributed by atoms with Crippen molar-refractivity contribution in [1.82, 2.24) is 4.72 Å². The fourth-order valence-corrected chi connectivity index (χ4v) is 3.83. The van der Waals surface area contributed by atoms with Crippen molar-refractivity contribution in [3.8, 4) is 0 Å². The molecule has 0 saturated heterocycles. The Morgan fingerprint density at radius 1 is 1.07 bits per heavy atom. The van der Waals surface area contributed by atoms with Gasteiger partial charge in [0.25, 0.3) is 0 Å². The maximum absolute atomic E-state index is 13.1. The van der Waals surface area contributed by atoms with Crippen molar-refractivity contribution in [2.24, 2.45) is 0 Å². The lowest BCUT2D eigenvalue weighted by molar-refractivity contribution is 0.0680. The highest BCUT2D eigenvalue weighted by molar-refractivity contribution is 8.21. The van der Waals surface area contributed by atoms with E-state index in [0.29, 0.717) is 4.90 Å². The molecule has 29 heavy (non-hydrogen) atoms. The molecule has 156 valence electrons. The largest absolute Gasteiger partial charge is 0.478 e. The van der Waals surface area contributed by atoms with Gasteiger partial charge < -0.3 is 10.2 Å². The zero-order valence-corrected chi connectivity index (χ0v) is 17.3. The van der Waals surface area contributed by atoms with Crippen molar-refractivity contribution in [2.75, 3.05) is 0 Å². The summed E-state index contributed by atoms with van der Waals surface area (Å²) < 4.78 is 40.6. The van der Waals surface area contributed by atoms with Gasteiger partial charge in [-0.3, -0.25) is 0 Å². The first-order chi connectivity index (χ1) is 13.6. The van der Waals surface area contributed by atoms with Crippen LogP contribution >= 0.6 is 21.7 Å². The van der Waals surface area contributed by atoms with Crippen LogP contribution in [-0.4, -0.2) is 31.9 Å². The molecule has 0 aromatic heterocycles. The highest BCUT2D eigenvalue weighted by atomic mass is 35.7. The van der Waals surface area contributed by atoms with Gasteiger partial charge >= 0.3 is 11.9 Å². The van der Waals surface area contributed by atoms with Crippen LogP contribution in [0.4, 0.5) is 8.78 Å². The molecule has 0 bridgehead atoms. The van der Waals surface area contributed by atoms with Crippen LogP contribution in [0.15, 0.2) is 46.2 Å². The van der Waals surface area contributed by atoms with E-state index in [1.807, 2.05) is 6.92 Å². The molecular weight excluding hydrogens is 448 g/mol. The first-order valence-corrected chi connectivity index (χ1v) is 10.9. The van der Waals surface area contributed by atoms with Gasteiger partial charge in [-0.05, 0) is 77.8 Å². The lowest BCUT2D eigenvalue weighted by Gasteiger charge is -2.11. The summed E-state index contributed by atoms with van der Waals surface area (Å²) in [6.45, 7) is 1.94. The standard InChI is InChI=1S/C11H12FNO3S.C7H4ClFO2S/c1-11(4-5-11)13-17(16)7-2-3-9(12)8(6-7)10(14)15;8-12-4-1-2-6(9)5(3-4)7(10)11/h2-3,6,13H,4-5H2,1H3,(H,14,15);1-3H,(H,10,11). The fourth-order valence-electron chi connectivity index (χ4n) is 2.07. The summed E-state index contributed by atoms with van der Waals surface area (Å²) >= 11 is 0. The summed E-state index contributed by atoms with van der Waals surface area (Å²) in [5, 5.41) is 17.3. The first-order valence-electron chi connectivity index (χ1n) is 8.10. The SMILES string of the molecule is CC1(NS(=O)c2ccc(F)c(C(=O)O)c2)CC1.O=C(O)c1cc(SCl)ccc1F. The molecule has 3 rings (SSSR count). The van der Waals surface area contributed by atoms with E-state index in [2.05, 4.69) is 4.72 Å². The molecule has 2 aromatic rings. The van der Waals surface area contributed by atoms with E-state index >= 15 is 0 Å². The van der Waals surface area contributed by atoms with Gasteiger partial charge in [0.2, 0.25) is 0 Å². The Morgan fingerprint density at radius 3 is 2.07 bits per heavy atom. The molecule has 0 spiro atoms. The van der Waals surface area contributed by atoms with Gasteiger partial charge in [-0.1, -0.05) is 0 Å². The normalized spacial score (nSPS) is 15.0. The predicted molar refractivity (Wildman–Crippen MR) is 106 cm³/mol. The van der Waals surface area contributed by atoms with Crippen LogP contribution < -0.4 is 4.72 Å². The van der Waals surface area contributed by atoms with Crippen molar-refractivity contribution in [2.45, 2.75) is 35.1 Å². The molecule has 1 atom stereocenters. The molecule has 0 aliphatic heterocycles. The Bertz CT molecular complexity index is 969. The van der Waals surface area contributed by atoms with Crippen molar-refractivity contribution in [3.05, 3.63) is 59.2 Å². The number of carboxylic acid groups (broad SMARTS) is 2. The van der Waals surface area contributed by atoms with Gasteiger partial charge in [0.15, 0.2) is 0 Å². The van der Waals surface area contributed by atoms with Crippen LogP contribution in [0, 0.1) is 11.6 Å². The summed E-state index contributed by atoms with van der Waals surface area (Å²) in [5.41, 5.74) is -0.956. The molecule has 1 saturated carbocycles. The molecule has 0 radical (unpaired) electrons. The number of benzene rings is 2. The maximum Gasteiger partial charge on any atom is 0.338 e. The number of hydrogen-bond donors (Lipinski definition) is 3. The lowest BCUT2D eigenvalue weighted by Crippen LogP contribution is -2.29. The topological polar surface area (TPSA) is 104 Å². The molecule has 1 fully saturated rings. The Morgan fingerprint density at radius 2 is 1.59 bits per heavy atom. The van der Waals surface area contributed by atoms with E-state index < -0.39 is 40.1 Å². The highest BCUT2D eigenvalue weighted by Gasteiger charge is 2.38. The van der Waals surface area contributed by atoms with Crippen LogP contribution in [0.25, 0.3) is 0 Å². The second kappa shape index (κ2) is 9.66.